The first-order valence-electron chi connectivity index (χ1n) is 5.20. The Bertz CT molecular complexity index is 536. The highest BCUT2D eigenvalue weighted by Gasteiger charge is 2.06. The maximum atomic E-state index is 12.9. The summed E-state index contributed by atoms with van der Waals surface area (Å²) < 4.78 is 12.9. The third-order valence-corrected chi connectivity index (χ3v) is 2.22. The zero-order valence-corrected chi connectivity index (χ0v) is 9.33. The van der Waals surface area contributed by atoms with Crippen molar-refractivity contribution in [2.24, 2.45) is 0 Å². The lowest BCUT2D eigenvalue weighted by Gasteiger charge is -2.03. The minimum absolute atomic E-state index is 0.192. The van der Waals surface area contributed by atoms with Crippen molar-refractivity contribution in [3.8, 4) is 0 Å². The first-order chi connectivity index (χ1) is 8.13. The largest absolute Gasteiger partial charge is 0.326 e. The summed E-state index contributed by atoms with van der Waals surface area (Å²) in [5.74, 6) is -0.584. The van der Waals surface area contributed by atoms with E-state index in [1.807, 2.05) is 6.92 Å². The highest BCUT2D eigenvalue weighted by Crippen LogP contribution is 2.09. The molecule has 0 unspecified atom stereocenters. The molecular formula is C12H12FN3O. The summed E-state index contributed by atoms with van der Waals surface area (Å²) in [4.78, 5) is 11.6. The van der Waals surface area contributed by atoms with E-state index in [0.717, 1.165) is 11.4 Å². The Morgan fingerprint density at radius 2 is 2.29 bits per heavy atom. The van der Waals surface area contributed by atoms with Gasteiger partial charge in [-0.15, -0.1) is 0 Å². The number of amides is 1. The lowest BCUT2D eigenvalue weighted by atomic mass is 10.2. The Balaban J connectivity index is 1.98. The number of nitrogens with one attached hydrogen (secondary N) is 2. The summed E-state index contributed by atoms with van der Waals surface area (Å²) in [5, 5.41) is 9.29. The molecule has 0 spiro atoms. The van der Waals surface area contributed by atoms with Crippen LogP contribution in [0.1, 0.15) is 11.4 Å². The van der Waals surface area contributed by atoms with Crippen LogP contribution < -0.4 is 5.32 Å². The van der Waals surface area contributed by atoms with Crippen LogP contribution in [0.4, 0.5) is 10.1 Å². The summed E-state index contributed by atoms with van der Waals surface area (Å²) >= 11 is 0. The van der Waals surface area contributed by atoms with Gasteiger partial charge in [0.1, 0.15) is 5.82 Å². The van der Waals surface area contributed by atoms with Gasteiger partial charge in [0, 0.05) is 11.4 Å². The fourth-order valence-electron chi connectivity index (χ4n) is 1.51. The Morgan fingerprint density at radius 1 is 1.47 bits per heavy atom. The van der Waals surface area contributed by atoms with Crippen molar-refractivity contribution in [3.63, 3.8) is 0 Å². The molecule has 17 heavy (non-hydrogen) atoms. The summed E-state index contributed by atoms with van der Waals surface area (Å²) in [7, 11) is 0. The molecule has 88 valence electrons. The number of aryl methyl sites for hydroxylation is 1. The lowest BCUT2D eigenvalue weighted by Crippen LogP contribution is -2.14. The number of H-pyrrole nitrogens is 1. The summed E-state index contributed by atoms with van der Waals surface area (Å²) in [6, 6.07) is 7.58. The zero-order valence-electron chi connectivity index (χ0n) is 9.33. The van der Waals surface area contributed by atoms with E-state index in [-0.39, 0.29) is 18.1 Å². The number of hydrogen-bond acceptors (Lipinski definition) is 2. The number of carbonyl (C=O) groups is 1. The van der Waals surface area contributed by atoms with Gasteiger partial charge in [-0.2, -0.15) is 5.10 Å². The number of aromatic nitrogens is 2. The molecule has 2 rings (SSSR count). The number of rotatable bonds is 3. The number of halogens is 1. The second-order valence-corrected chi connectivity index (χ2v) is 3.77. The minimum atomic E-state index is -0.375. The molecule has 0 saturated heterocycles. The normalized spacial score (nSPS) is 10.2. The molecule has 5 heteroatoms. The molecule has 1 aromatic heterocycles. The maximum absolute atomic E-state index is 12.9. The molecule has 0 atom stereocenters. The van der Waals surface area contributed by atoms with Crippen LogP contribution in [-0.4, -0.2) is 16.1 Å². The molecule has 2 aromatic rings. The van der Waals surface area contributed by atoms with Crippen molar-refractivity contribution in [1.82, 2.24) is 10.2 Å². The fraction of sp³-hybridized carbons (Fsp3) is 0.167. The van der Waals surface area contributed by atoms with Crippen molar-refractivity contribution in [3.05, 3.63) is 47.5 Å². The number of aromatic amines is 1. The number of nitrogens with zero attached hydrogens (tertiary/aromatic N) is 1. The minimum Gasteiger partial charge on any atom is -0.326 e. The third-order valence-electron chi connectivity index (χ3n) is 2.22. The van der Waals surface area contributed by atoms with Crippen molar-refractivity contribution in [2.75, 3.05) is 5.32 Å². The molecule has 2 N–H and O–H groups in total. The van der Waals surface area contributed by atoms with Gasteiger partial charge in [-0.3, -0.25) is 9.89 Å². The van der Waals surface area contributed by atoms with Crippen LogP contribution >= 0.6 is 0 Å². The average molecular weight is 233 g/mol. The maximum Gasteiger partial charge on any atom is 0.230 e. The van der Waals surface area contributed by atoms with Crippen molar-refractivity contribution in [1.29, 1.82) is 0 Å². The van der Waals surface area contributed by atoms with Crippen LogP contribution in [0, 0.1) is 12.7 Å². The molecule has 0 aliphatic rings. The second kappa shape index (κ2) is 4.78. The average Bonchev–Trinajstić information content (AvgIpc) is 2.63. The van der Waals surface area contributed by atoms with Crippen LogP contribution in [0.15, 0.2) is 30.3 Å². The molecule has 0 aliphatic heterocycles. The van der Waals surface area contributed by atoms with E-state index in [0.29, 0.717) is 5.69 Å². The van der Waals surface area contributed by atoms with Gasteiger partial charge in [0.15, 0.2) is 0 Å². The predicted molar refractivity (Wildman–Crippen MR) is 62.1 cm³/mol. The number of carbonyl (C=O) groups excluding carboxylic acids is 1. The van der Waals surface area contributed by atoms with E-state index in [9.17, 15) is 9.18 Å². The van der Waals surface area contributed by atoms with E-state index in [4.69, 9.17) is 0 Å². The standard InChI is InChI=1S/C12H12FN3O/c1-8-5-11(16-15-8)7-12(17)14-10-4-2-3-9(13)6-10/h2-6H,7H2,1H3,(H,14,17)(H,15,16). The molecule has 0 bridgehead atoms. The highest BCUT2D eigenvalue weighted by atomic mass is 19.1. The number of anilines is 1. The zero-order chi connectivity index (χ0) is 12.3. The Morgan fingerprint density at radius 3 is 2.94 bits per heavy atom. The van der Waals surface area contributed by atoms with Crippen LogP contribution in [0.5, 0.6) is 0 Å². The monoisotopic (exact) mass is 233 g/mol. The van der Waals surface area contributed by atoms with Gasteiger partial charge in [-0.25, -0.2) is 4.39 Å². The first-order valence-corrected chi connectivity index (χ1v) is 5.20. The molecule has 4 nitrogen and oxygen atoms in total. The van der Waals surface area contributed by atoms with Gasteiger partial charge in [0.25, 0.3) is 0 Å². The Kier molecular flexibility index (Phi) is 3.18. The molecule has 0 fully saturated rings. The van der Waals surface area contributed by atoms with Crippen LogP contribution in [0.25, 0.3) is 0 Å². The number of hydrogen-bond donors (Lipinski definition) is 2. The van der Waals surface area contributed by atoms with E-state index >= 15 is 0 Å². The van der Waals surface area contributed by atoms with E-state index in [2.05, 4.69) is 15.5 Å². The molecule has 0 saturated carbocycles. The van der Waals surface area contributed by atoms with Gasteiger partial charge in [0.2, 0.25) is 5.91 Å². The van der Waals surface area contributed by atoms with Gasteiger partial charge >= 0.3 is 0 Å². The molecule has 1 aromatic carbocycles. The van der Waals surface area contributed by atoms with Crippen LogP contribution in [-0.2, 0) is 11.2 Å². The van der Waals surface area contributed by atoms with Gasteiger partial charge in [-0.1, -0.05) is 6.07 Å². The molecule has 0 aliphatic carbocycles. The Hall–Kier alpha value is -2.17. The molecule has 1 amide bonds. The lowest BCUT2D eigenvalue weighted by molar-refractivity contribution is -0.115. The quantitative estimate of drug-likeness (QED) is 0.852. The van der Waals surface area contributed by atoms with Gasteiger partial charge in [-0.05, 0) is 31.2 Å². The third kappa shape index (κ3) is 3.14. The molecule has 0 radical (unpaired) electrons. The molecular weight excluding hydrogens is 221 g/mol. The SMILES string of the molecule is Cc1cc(CC(=O)Nc2cccc(F)c2)[nH]n1. The first kappa shape index (κ1) is 11.3. The van der Waals surface area contributed by atoms with Crippen LogP contribution in [0.3, 0.4) is 0 Å². The van der Waals surface area contributed by atoms with Crippen molar-refractivity contribution in [2.45, 2.75) is 13.3 Å². The van der Waals surface area contributed by atoms with Crippen molar-refractivity contribution < 1.29 is 9.18 Å². The summed E-state index contributed by atoms with van der Waals surface area (Å²) in [5.41, 5.74) is 2.01. The van der Waals surface area contributed by atoms with Crippen LogP contribution in [0.2, 0.25) is 0 Å². The number of benzene rings is 1. The summed E-state index contributed by atoms with van der Waals surface area (Å²) in [6.45, 7) is 1.84. The van der Waals surface area contributed by atoms with E-state index in [1.165, 1.54) is 12.1 Å². The second-order valence-electron chi connectivity index (χ2n) is 3.77. The molecule has 1 heterocycles. The Labute approximate surface area is 97.9 Å². The topological polar surface area (TPSA) is 57.8 Å². The van der Waals surface area contributed by atoms with E-state index < -0.39 is 0 Å². The summed E-state index contributed by atoms with van der Waals surface area (Å²) in [6.07, 6.45) is 0.192. The van der Waals surface area contributed by atoms with Gasteiger partial charge in [0.05, 0.1) is 12.1 Å². The predicted octanol–water partition coefficient (Wildman–Crippen LogP) is 2.04. The van der Waals surface area contributed by atoms with Gasteiger partial charge < -0.3 is 5.32 Å². The fourth-order valence-corrected chi connectivity index (χ4v) is 1.51. The van der Waals surface area contributed by atoms with Crippen molar-refractivity contribution >= 4 is 11.6 Å². The van der Waals surface area contributed by atoms with E-state index in [1.54, 1.807) is 18.2 Å². The highest BCUT2D eigenvalue weighted by molar-refractivity contribution is 5.91. The smallest absolute Gasteiger partial charge is 0.230 e.